The highest BCUT2D eigenvalue weighted by Crippen LogP contribution is 2.22. The molecule has 0 radical (unpaired) electrons. The van der Waals surface area contributed by atoms with Crippen LogP contribution >= 0.6 is 0 Å². The standard InChI is InChI=1S/C28H35N5O2/c1-23(19-24-5-3-2-4-6-24)20-30-13-11-26(12-14-30)32-22-29-33(28(32)34)27-9-7-25(8-10-27)21-31-15-17-35-18-16-31/h2-10,19,22,26H,11-18,20-21H2,1H3/b23-19+. The minimum atomic E-state index is -0.0514. The van der Waals surface area contributed by atoms with E-state index in [-0.39, 0.29) is 11.7 Å². The first-order valence-corrected chi connectivity index (χ1v) is 12.7. The molecule has 7 nitrogen and oxygen atoms in total. The molecular formula is C28H35N5O2. The van der Waals surface area contributed by atoms with Gasteiger partial charge in [0.15, 0.2) is 0 Å². The van der Waals surface area contributed by atoms with Crippen molar-refractivity contribution >= 4 is 6.08 Å². The van der Waals surface area contributed by atoms with Crippen molar-refractivity contribution in [2.75, 3.05) is 45.9 Å². The van der Waals surface area contributed by atoms with Crippen molar-refractivity contribution in [3.05, 3.63) is 88.1 Å². The van der Waals surface area contributed by atoms with E-state index in [9.17, 15) is 4.79 Å². The Morgan fingerprint density at radius 2 is 1.69 bits per heavy atom. The van der Waals surface area contributed by atoms with E-state index in [1.165, 1.54) is 21.4 Å². The highest BCUT2D eigenvalue weighted by atomic mass is 16.5. The molecule has 0 unspecified atom stereocenters. The van der Waals surface area contributed by atoms with Gasteiger partial charge in [0, 0.05) is 45.3 Å². The van der Waals surface area contributed by atoms with Gasteiger partial charge in [0.05, 0.1) is 18.9 Å². The van der Waals surface area contributed by atoms with Crippen molar-refractivity contribution in [1.29, 1.82) is 0 Å². The van der Waals surface area contributed by atoms with Crippen molar-refractivity contribution in [3.63, 3.8) is 0 Å². The zero-order valence-corrected chi connectivity index (χ0v) is 20.6. The van der Waals surface area contributed by atoms with Crippen LogP contribution in [-0.2, 0) is 11.3 Å². The van der Waals surface area contributed by atoms with Crippen molar-refractivity contribution in [2.24, 2.45) is 0 Å². The highest BCUT2D eigenvalue weighted by molar-refractivity contribution is 5.52. The fraction of sp³-hybridized carbons (Fsp3) is 0.429. The topological polar surface area (TPSA) is 55.5 Å². The third-order valence-corrected chi connectivity index (χ3v) is 7.02. The fourth-order valence-electron chi connectivity index (χ4n) is 5.09. The van der Waals surface area contributed by atoms with Crippen LogP contribution in [0.15, 0.2) is 71.3 Å². The van der Waals surface area contributed by atoms with Gasteiger partial charge >= 0.3 is 5.69 Å². The van der Waals surface area contributed by atoms with Crippen molar-refractivity contribution in [3.8, 4) is 5.69 Å². The van der Waals surface area contributed by atoms with Gasteiger partial charge in [-0.05, 0) is 43.0 Å². The first-order valence-electron chi connectivity index (χ1n) is 12.7. The molecule has 3 heterocycles. The first kappa shape index (κ1) is 23.7. The lowest BCUT2D eigenvalue weighted by atomic mass is 10.0. The van der Waals surface area contributed by atoms with Crippen LogP contribution in [0.1, 0.15) is 36.9 Å². The number of aromatic nitrogens is 3. The van der Waals surface area contributed by atoms with Crippen LogP contribution in [0.25, 0.3) is 11.8 Å². The summed E-state index contributed by atoms with van der Waals surface area (Å²) in [6, 6.07) is 18.9. The number of nitrogens with zero attached hydrogens (tertiary/aromatic N) is 5. The van der Waals surface area contributed by atoms with Crippen LogP contribution in [0.5, 0.6) is 0 Å². The molecule has 0 bridgehead atoms. The van der Waals surface area contributed by atoms with Gasteiger partial charge in [-0.15, -0.1) is 0 Å². The van der Waals surface area contributed by atoms with E-state index < -0.39 is 0 Å². The van der Waals surface area contributed by atoms with E-state index in [1.807, 2.05) is 22.8 Å². The summed E-state index contributed by atoms with van der Waals surface area (Å²) >= 11 is 0. The molecule has 2 saturated heterocycles. The average Bonchev–Trinajstić information content (AvgIpc) is 3.27. The number of ether oxygens (including phenoxy) is 1. The maximum atomic E-state index is 13.2. The molecule has 0 atom stereocenters. The third-order valence-electron chi connectivity index (χ3n) is 7.02. The molecule has 5 rings (SSSR count). The monoisotopic (exact) mass is 473 g/mol. The maximum absolute atomic E-state index is 13.2. The van der Waals surface area contributed by atoms with Crippen LogP contribution in [0.3, 0.4) is 0 Å². The minimum absolute atomic E-state index is 0.0514. The second kappa shape index (κ2) is 11.2. The number of morpholine rings is 1. The van der Waals surface area contributed by atoms with Crippen molar-refractivity contribution in [1.82, 2.24) is 24.1 Å². The van der Waals surface area contributed by atoms with Gasteiger partial charge in [-0.25, -0.2) is 4.79 Å². The Kier molecular flexibility index (Phi) is 7.57. The van der Waals surface area contributed by atoms with Crippen molar-refractivity contribution in [2.45, 2.75) is 32.4 Å². The lowest BCUT2D eigenvalue weighted by Gasteiger charge is -2.32. The summed E-state index contributed by atoms with van der Waals surface area (Å²) in [5.74, 6) is 0. The Hall–Kier alpha value is -3.00. The van der Waals surface area contributed by atoms with Gasteiger partial charge in [0.1, 0.15) is 6.33 Å². The highest BCUT2D eigenvalue weighted by Gasteiger charge is 2.23. The van der Waals surface area contributed by atoms with Crippen LogP contribution in [0.4, 0.5) is 0 Å². The SMILES string of the molecule is C/C(=C\c1ccccc1)CN1CCC(n2cnn(-c3ccc(CN4CCOCC4)cc3)c2=O)CC1. The van der Waals surface area contributed by atoms with E-state index in [2.05, 4.69) is 64.3 Å². The smallest absolute Gasteiger partial charge is 0.350 e. The van der Waals surface area contributed by atoms with Crippen molar-refractivity contribution < 1.29 is 4.74 Å². The minimum Gasteiger partial charge on any atom is -0.379 e. The largest absolute Gasteiger partial charge is 0.379 e. The molecule has 2 fully saturated rings. The summed E-state index contributed by atoms with van der Waals surface area (Å²) in [5.41, 5.74) is 4.61. The summed E-state index contributed by atoms with van der Waals surface area (Å²) < 4.78 is 8.78. The molecule has 0 saturated carbocycles. The lowest BCUT2D eigenvalue weighted by molar-refractivity contribution is 0.0342. The predicted molar refractivity (Wildman–Crippen MR) is 139 cm³/mol. The Balaban J connectivity index is 1.17. The van der Waals surface area contributed by atoms with E-state index >= 15 is 0 Å². The molecule has 2 aliphatic rings. The van der Waals surface area contributed by atoms with E-state index in [0.717, 1.165) is 71.0 Å². The number of rotatable bonds is 7. The molecule has 2 aliphatic heterocycles. The molecule has 0 spiro atoms. The first-order chi connectivity index (χ1) is 17.2. The Bertz CT molecular complexity index is 1170. The molecule has 35 heavy (non-hydrogen) atoms. The maximum Gasteiger partial charge on any atom is 0.350 e. The van der Waals surface area contributed by atoms with Crippen LogP contribution in [0, 0.1) is 0 Å². The summed E-state index contributed by atoms with van der Waals surface area (Å²) in [5, 5.41) is 4.44. The van der Waals surface area contributed by atoms with E-state index in [1.54, 1.807) is 6.33 Å². The van der Waals surface area contributed by atoms with Gasteiger partial charge in [0.2, 0.25) is 0 Å². The molecular weight excluding hydrogens is 438 g/mol. The molecule has 0 aliphatic carbocycles. The van der Waals surface area contributed by atoms with Gasteiger partial charge in [-0.2, -0.15) is 9.78 Å². The Morgan fingerprint density at radius 1 is 0.971 bits per heavy atom. The molecule has 0 amide bonds. The molecule has 7 heteroatoms. The number of piperidine rings is 1. The van der Waals surface area contributed by atoms with Crippen LogP contribution < -0.4 is 5.69 Å². The zero-order valence-electron chi connectivity index (χ0n) is 20.6. The number of likely N-dealkylation sites (tertiary alicyclic amines) is 1. The fourth-order valence-corrected chi connectivity index (χ4v) is 5.09. The number of hydrogen-bond acceptors (Lipinski definition) is 5. The normalized spacial score (nSPS) is 18.7. The quantitative estimate of drug-likeness (QED) is 0.525. The molecule has 1 aromatic heterocycles. The summed E-state index contributed by atoms with van der Waals surface area (Å²) in [6.07, 6.45) is 5.89. The summed E-state index contributed by atoms with van der Waals surface area (Å²) in [4.78, 5) is 18.0. The molecule has 184 valence electrons. The number of hydrogen-bond donors (Lipinski definition) is 0. The van der Waals surface area contributed by atoms with Gasteiger partial charge in [-0.1, -0.05) is 54.1 Å². The third kappa shape index (κ3) is 5.99. The molecule has 2 aromatic carbocycles. The predicted octanol–water partition coefficient (Wildman–Crippen LogP) is 3.61. The zero-order chi connectivity index (χ0) is 24.0. The van der Waals surface area contributed by atoms with E-state index in [4.69, 9.17) is 4.74 Å². The van der Waals surface area contributed by atoms with Crippen LogP contribution in [0.2, 0.25) is 0 Å². The van der Waals surface area contributed by atoms with Gasteiger partial charge in [0.25, 0.3) is 0 Å². The van der Waals surface area contributed by atoms with E-state index in [0.29, 0.717) is 0 Å². The molecule has 3 aromatic rings. The van der Waals surface area contributed by atoms with Crippen LogP contribution in [-0.4, -0.2) is 70.1 Å². The Morgan fingerprint density at radius 3 is 2.40 bits per heavy atom. The average molecular weight is 474 g/mol. The van der Waals surface area contributed by atoms with Gasteiger partial charge < -0.3 is 4.74 Å². The Labute approximate surface area is 207 Å². The molecule has 0 N–H and O–H groups in total. The second-order valence-electron chi connectivity index (χ2n) is 9.70. The number of benzene rings is 2. The lowest BCUT2D eigenvalue weighted by Crippen LogP contribution is -2.38. The summed E-state index contributed by atoms with van der Waals surface area (Å²) in [7, 11) is 0. The summed E-state index contributed by atoms with van der Waals surface area (Å²) in [6.45, 7) is 9.57. The van der Waals surface area contributed by atoms with Gasteiger partial charge in [-0.3, -0.25) is 14.4 Å². The second-order valence-corrected chi connectivity index (χ2v) is 9.70.